The Labute approximate surface area is 263 Å². The number of nitrogens with zero attached hydrogens (tertiary/aromatic N) is 2. The summed E-state index contributed by atoms with van der Waals surface area (Å²) in [5.74, 6) is 44.6. The van der Waals surface area contributed by atoms with Crippen molar-refractivity contribution >= 4 is 0 Å². The van der Waals surface area contributed by atoms with Crippen LogP contribution >= 0.6 is 0 Å². The molecule has 1 atom stereocenters. The van der Waals surface area contributed by atoms with Gasteiger partial charge in [0.1, 0.15) is 12.4 Å². The summed E-state index contributed by atoms with van der Waals surface area (Å²) in [6.45, 7) is 2.28. The first-order chi connectivity index (χ1) is 21.3. The molecule has 0 spiro atoms. The largest absolute Gasteiger partial charge is 0.244 e. The molecule has 0 aliphatic carbocycles. The normalized spacial score (nSPS) is 9.14. The number of aryl methyl sites for hydroxylation is 1. The molecule has 1 heterocycles. The number of hydrogen-bond acceptors (Lipinski definition) is 0. The Morgan fingerprint density at radius 1 is 0.535 bits per heavy atom. The predicted molar refractivity (Wildman–Crippen MR) is 180 cm³/mol. The van der Waals surface area contributed by atoms with Gasteiger partial charge in [-0.15, -0.1) is 6.42 Å². The maximum Gasteiger partial charge on any atom is 0.244 e. The molecule has 0 N–H and O–H groups in total. The maximum absolute atomic E-state index is 4.98. The minimum Gasteiger partial charge on any atom is -0.240 e. The Balaban J connectivity index is 2.30. The molecule has 1 unspecified atom stereocenters. The molecule has 1 aromatic heterocycles. The van der Waals surface area contributed by atoms with Gasteiger partial charge in [0.05, 0.1) is 7.05 Å². The molecule has 0 aliphatic heterocycles. The Morgan fingerprint density at radius 2 is 0.907 bits per heavy atom. The first kappa shape index (κ1) is 36.3. The summed E-state index contributed by atoms with van der Waals surface area (Å²) >= 11 is 0. The van der Waals surface area contributed by atoms with E-state index in [9.17, 15) is 0 Å². The minimum atomic E-state index is 0.111. The van der Waals surface area contributed by atoms with Crippen LogP contribution in [0.15, 0.2) is 18.7 Å². The number of terminal acetylenes is 1. The lowest BCUT2D eigenvalue weighted by atomic mass is 10.0. The fourth-order valence-electron chi connectivity index (χ4n) is 4.40. The Kier molecular flexibility index (Phi) is 24.3. The van der Waals surface area contributed by atoms with Crippen LogP contribution < -0.4 is 4.57 Å². The van der Waals surface area contributed by atoms with Crippen molar-refractivity contribution in [3.63, 3.8) is 0 Å². The topological polar surface area (TPSA) is 8.81 Å². The predicted octanol–water partition coefficient (Wildman–Crippen LogP) is 7.17. The Hall–Kier alpha value is -4.75. The first-order valence-corrected chi connectivity index (χ1v) is 15.8. The summed E-state index contributed by atoms with van der Waals surface area (Å²) < 4.78 is 4.20. The average molecular weight is 566 g/mol. The molecule has 43 heavy (non-hydrogen) atoms. The molecular formula is C41H45N2+. The number of unbranched alkanes of at least 4 members (excludes halogenated alkanes) is 15. The molecule has 218 valence electrons. The molecule has 0 aromatic carbocycles. The van der Waals surface area contributed by atoms with Crippen molar-refractivity contribution in [2.75, 3.05) is 0 Å². The molecule has 2 heteroatoms. The van der Waals surface area contributed by atoms with Crippen LogP contribution in [0.4, 0.5) is 0 Å². The van der Waals surface area contributed by atoms with Gasteiger partial charge in [-0.3, -0.25) is 0 Å². The summed E-state index contributed by atoms with van der Waals surface area (Å²) in [5.41, 5.74) is 0. The zero-order valence-corrected chi connectivity index (χ0v) is 26.3. The van der Waals surface area contributed by atoms with Gasteiger partial charge in [-0.2, -0.15) is 0 Å². The van der Waals surface area contributed by atoms with Crippen molar-refractivity contribution in [3.05, 3.63) is 18.7 Å². The molecular weight excluding hydrogens is 520 g/mol. The van der Waals surface area contributed by atoms with Gasteiger partial charge >= 0.3 is 0 Å². The van der Waals surface area contributed by atoms with Gasteiger partial charge in [0.15, 0.2) is 6.04 Å². The highest BCUT2D eigenvalue weighted by atomic mass is 15.1. The second-order valence-corrected chi connectivity index (χ2v) is 10.3. The van der Waals surface area contributed by atoms with Crippen molar-refractivity contribution < 1.29 is 4.57 Å². The van der Waals surface area contributed by atoms with Gasteiger partial charge in [0.25, 0.3) is 0 Å². The zero-order chi connectivity index (χ0) is 30.9. The van der Waals surface area contributed by atoms with Crippen molar-refractivity contribution in [3.8, 4) is 107 Å². The van der Waals surface area contributed by atoms with Crippen molar-refractivity contribution in [2.24, 2.45) is 7.05 Å². The number of aromatic nitrogens is 2. The van der Waals surface area contributed by atoms with Crippen molar-refractivity contribution in [1.82, 2.24) is 4.57 Å². The minimum absolute atomic E-state index is 0.111. The lowest BCUT2D eigenvalue weighted by Gasteiger charge is -2.07. The smallest absolute Gasteiger partial charge is 0.240 e. The summed E-state index contributed by atoms with van der Waals surface area (Å²) in [6.07, 6.45) is 34.2. The first-order valence-electron chi connectivity index (χ1n) is 15.8. The van der Waals surface area contributed by atoms with Gasteiger partial charge in [-0.25, -0.2) is 9.13 Å². The van der Waals surface area contributed by atoms with Gasteiger partial charge in [0.2, 0.25) is 6.33 Å². The average Bonchev–Trinajstić information content (AvgIpc) is 3.45. The number of rotatable bonds is 18. The molecule has 1 rings (SSSR count). The van der Waals surface area contributed by atoms with E-state index in [1.165, 1.54) is 103 Å². The highest BCUT2D eigenvalue weighted by Gasteiger charge is 2.13. The molecule has 0 saturated heterocycles. The molecule has 0 radical (unpaired) electrons. The van der Waals surface area contributed by atoms with Crippen LogP contribution in [0.1, 0.15) is 122 Å². The number of hydrogen-bond donors (Lipinski definition) is 0. The lowest BCUT2D eigenvalue weighted by molar-refractivity contribution is -0.671. The molecule has 0 saturated carbocycles. The monoisotopic (exact) mass is 565 g/mol. The van der Waals surface area contributed by atoms with Crippen molar-refractivity contribution in [1.29, 1.82) is 0 Å². The van der Waals surface area contributed by atoms with E-state index in [0.29, 0.717) is 0 Å². The lowest BCUT2D eigenvalue weighted by Crippen LogP contribution is -2.24. The van der Waals surface area contributed by atoms with Crippen LogP contribution in [0.2, 0.25) is 0 Å². The van der Waals surface area contributed by atoms with Crippen LogP contribution in [0.3, 0.4) is 0 Å². The van der Waals surface area contributed by atoms with E-state index in [2.05, 4.69) is 125 Å². The Morgan fingerprint density at radius 3 is 1.28 bits per heavy atom. The summed E-state index contributed by atoms with van der Waals surface area (Å²) in [7, 11) is 2.02. The second-order valence-electron chi connectivity index (χ2n) is 10.3. The zero-order valence-electron chi connectivity index (χ0n) is 26.3. The molecule has 0 fully saturated rings. The standard InChI is InChI=1S/C41H45N2/c1-4-6-8-10-12-14-16-18-20-22-24-26-28-30-32-34-36-41(43-39-38-42(3)40-43)37-35-33-31-29-27-25-23-21-19-17-15-13-11-9-7-5-2/h1,38-41H,5,7,9,11,13,15,17,19,21,23,25,27,29,31,33,35,37H2,2-3H3/q+1. The SMILES string of the molecule is C#CC#CC#CC#CC#CC#CC#CC#CC#CC(CCCCCCCCCCCCCCCCCC)n1cc[n+](C)c1. The summed E-state index contributed by atoms with van der Waals surface area (Å²) in [6, 6.07) is 0.111. The fraction of sp³-hybridized carbons (Fsp3) is 0.488. The maximum atomic E-state index is 4.98. The molecule has 1 aromatic rings. The highest BCUT2D eigenvalue weighted by Crippen LogP contribution is 2.17. The van der Waals surface area contributed by atoms with Crippen LogP contribution in [0.5, 0.6) is 0 Å². The van der Waals surface area contributed by atoms with Crippen molar-refractivity contribution in [2.45, 2.75) is 122 Å². The van der Waals surface area contributed by atoms with Crippen LogP contribution in [0.25, 0.3) is 0 Å². The summed E-state index contributed by atoms with van der Waals surface area (Å²) in [4.78, 5) is 0. The number of imidazole rings is 1. The van der Waals surface area contributed by atoms with E-state index in [-0.39, 0.29) is 6.04 Å². The molecule has 0 amide bonds. The molecule has 0 bridgehead atoms. The van der Waals surface area contributed by atoms with Crippen LogP contribution in [-0.2, 0) is 7.05 Å². The third-order valence-electron chi connectivity index (χ3n) is 6.67. The third-order valence-corrected chi connectivity index (χ3v) is 6.67. The van der Waals surface area contributed by atoms with E-state index < -0.39 is 0 Å². The highest BCUT2D eigenvalue weighted by molar-refractivity contribution is 5.46. The van der Waals surface area contributed by atoms with Gasteiger partial charge in [-0.05, 0) is 113 Å². The van der Waals surface area contributed by atoms with Gasteiger partial charge < -0.3 is 0 Å². The third kappa shape index (κ3) is 23.6. The second kappa shape index (κ2) is 28.8. The fourth-order valence-corrected chi connectivity index (χ4v) is 4.40. The van der Waals surface area contributed by atoms with E-state index in [0.717, 1.165) is 6.42 Å². The van der Waals surface area contributed by atoms with Crippen LogP contribution in [0, 0.1) is 107 Å². The van der Waals surface area contributed by atoms with Crippen LogP contribution in [-0.4, -0.2) is 4.57 Å². The van der Waals surface area contributed by atoms with E-state index >= 15 is 0 Å². The van der Waals surface area contributed by atoms with E-state index in [1.54, 1.807) is 0 Å². The van der Waals surface area contributed by atoms with E-state index in [1.807, 2.05) is 17.8 Å². The van der Waals surface area contributed by atoms with Gasteiger partial charge in [0, 0.05) is 0 Å². The summed E-state index contributed by atoms with van der Waals surface area (Å²) in [5, 5.41) is 0. The van der Waals surface area contributed by atoms with E-state index in [4.69, 9.17) is 6.42 Å². The molecule has 2 nitrogen and oxygen atoms in total. The quantitative estimate of drug-likeness (QED) is 0.101. The molecule has 0 aliphatic rings. The van der Waals surface area contributed by atoms with Gasteiger partial charge in [-0.1, -0.05) is 103 Å². The Bertz CT molecular complexity index is 1480.